The maximum absolute atomic E-state index is 10.9. The molecular formula is C11H8BrNO4. The quantitative estimate of drug-likeness (QED) is 0.943. The van der Waals surface area contributed by atoms with E-state index in [4.69, 9.17) is 14.3 Å². The molecule has 0 aliphatic heterocycles. The Morgan fingerprint density at radius 3 is 2.88 bits per heavy atom. The van der Waals surface area contributed by atoms with E-state index in [1.54, 1.807) is 25.3 Å². The minimum absolute atomic E-state index is 0.179. The summed E-state index contributed by atoms with van der Waals surface area (Å²) in [5.41, 5.74) is 0.935. The Morgan fingerprint density at radius 2 is 2.29 bits per heavy atom. The Labute approximate surface area is 105 Å². The van der Waals surface area contributed by atoms with Gasteiger partial charge in [-0.15, -0.1) is 0 Å². The van der Waals surface area contributed by atoms with Gasteiger partial charge in [0.05, 0.1) is 11.6 Å². The Hall–Kier alpha value is -1.82. The zero-order chi connectivity index (χ0) is 12.4. The van der Waals surface area contributed by atoms with Gasteiger partial charge in [0.1, 0.15) is 11.4 Å². The van der Waals surface area contributed by atoms with E-state index in [-0.39, 0.29) is 5.76 Å². The summed E-state index contributed by atoms with van der Waals surface area (Å²) in [4.78, 5) is 14.8. The molecule has 0 saturated carbocycles. The van der Waals surface area contributed by atoms with Crippen molar-refractivity contribution >= 4 is 21.9 Å². The number of rotatable bonds is 3. The molecule has 5 nitrogen and oxygen atoms in total. The molecule has 6 heteroatoms. The lowest BCUT2D eigenvalue weighted by Crippen LogP contribution is -1.97. The summed E-state index contributed by atoms with van der Waals surface area (Å²) in [6.45, 7) is 0. The topological polar surface area (TPSA) is 72.6 Å². The fraction of sp³-hybridized carbons (Fsp3) is 0.0909. The summed E-state index contributed by atoms with van der Waals surface area (Å²) in [6.07, 6.45) is 1.11. The summed E-state index contributed by atoms with van der Waals surface area (Å²) >= 11 is 3.32. The molecular weight excluding hydrogens is 290 g/mol. The van der Waals surface area contributed by atoms with Crippen molar-refractivity contribution in [2.24, 2.45) is 0 Å². The Kier molecular flexibility index (Phi) is 3.14. The first kappa shape index (κ1) is 11.7. The highest BCUT2D eigenvalue weighted by atomic mass is 79.9. The number of benzene rings is 1. The summed E-state index contributed by atoms with van der Waals surface area (Å²) in [6, 6.07) is 5.16. The molecule has 2 rings (SSSR count). The molecule has 2 aromatic rings. The normalized spacial score (nSPS) is 10.2. The first-order chi connectivity index (χ1) is 8.13. The molecule has 1 aromatic carbocycles. The second kappa shape index (κ2) is 4.58. The molecule has 1 aromatic heterocycles. The summed E-state index contributed by atoms with van der Waals surface area (Å²) in [5.74, 6) is -0.666. The molecule has 0 aliphatic rings. The Bertz CT molecular complexity index is 564. The summed E-state index contributed by atoms with van der Waals surface area (Å²) in [7, 11) is 1.55. The molecule has 0 fully saturated rings. The van der Waals surface area contributed by atoms with Gasteiger partial charge in [-0.25, -0.2) is 9.78 Å². The molecule has 0 bridgehead atoms. The molecule has 0 spiro atoms. The van der Waals surface area contributed by atoms with E-state index in [2.05, 4.69) is 20.9 Å². The zero-order valence-electron chi connectivity index (χ0n) is 8.81. The van der Waals surface area contributed by atoms with Crippen LogP contribution < -0.4 is 4.74 Å². The predicted molar refractivity (Wildman–Crippen MR) is 63.2 cm³/mol. The van der Waals surface area contributed by atoms with E-state index in [0.717, 1.165) is 10.9 Å². The molecule has 88 valence electrons. The Balaban J connectivity index is 2.50. The van der Waals surface area contributed by atoms with Crippen molar-refractivity contribution in [3.8, 4) is 17.0 Å². The first-order valence-corrected chi connectivity index (χ1v) is 5.43. The van der Waals surface area contributed by atoms with Gasteiger partial charge in [-0.1, -0.05) is 0 Å². The fourth-order valence-electron chi connectivity index (χ4n) is 1.42. The SMILES string of the molecule is COc1ccc(-c2ncoc2C(=O)O)cc1Br. The molecule has 1 N–H and O–H groups in total. The molecule has 1 heterocycles. The van der Waals surface area contributed by atoms with Crippen LogP contribution in [0.15, 0.2) is 33.5 Å². The number of oxazole rings is 1. The van der Waals surface area contributed by atoms with Crippen LogP contribution in [0.25, 0.3) is 11.3 Å². The number of hydrogen-bond acceptors (Lipinski definition) is 4. The molecule has 0 unspecified atom stereocenters. The maximum atomic E-state index is 10.9. The lowest BCUT2D eigenvalue weighted by Gasteiger charge is -2.04. The fourth-order valence-corrected chi connectivity index (χ4v) is 1.96. The largest absolute Gasteiger partial charge is 0.496 e. The van der Waals surface area contributed by atoms with Crippen LogP contribution in [0.4, 0.5) is 0 Å². The van der Waals surface area contributed by atoms with Crippen LogP contribution in [0.3, 0.4) is 0 Å². The molecule has 0 radical (unpaired) electrons. The molecule has 0 aliphatic carbocycles. The average Bonchev–Trinajstić information content (AvgIpc) is 2.77. The third kappa shape index (κ3) is 2.16. The number of halogens is 1. The number of ether oxygens (including phenoxy) is 1. The van der Waals surface area contributed by atoms with Gasteiger partial charge < -0.3 is 14.3 Å². The van der Waals surface area contributed by atoms with Crippen LogP contribution in [-0.4, -0.2) is 23.2 Å². The van der Waals surface area contributed by atoms with E-state index in [9.17, 15) is 4.79 Å². The third-order valence-corrected chi connectivity index (χ3v) is 2.81. The van der Waals surface area contributed by atoms with Crippen molar-refractivity contribution in [2.75, 3.05) is 7.11 Å². The van der Waals surface area contributed by atoms with Crippen molar-refractivity contribution in [2.45, 2.75) is 0 Å². The van der Waals surface area contributed by atoms with Crippen molar-refractivity contribution in [1.29, 1.82) is 0 Å². The third-order valence-electron chi connectivity index (χ3n) is 2.19. The average molecular weight is 298 g/mol. The molecule has 17 heavy (non-hydrogen) atoms. The van der Waals surface area contributed by atoms with Crippen LogP contribution in [0.5, 0.6) is 5.75 Å². The molecule has 0 saturated heterocycles. The highest BCUT2D eigenvalue weighted by Gasteiger charge is 2.17. The van der Waals surface area contributed by atoms with Crippen LogP contribution in [0.2, 0.25) is 0 Å². The van der Waals surface area contributed by atoms with E-state index in [1.807, 2.05) is 0 Å². The van der Waals surface area contributed by atoms with Gasteiger partial charge in [0, 0.05) is 5.56 Å². The van der Waals surface area contributed by atoms with Gasteiger partial charge in [0.15, 0.2) is 6.39 Å². The number of aromatic nitrogens is 1. The number of hydrogen-bond donors (Lipinski definition) is 1. The second-order valence-corrected chi connectivity index (χ2v) is 4.04. The van der Waals surface area contributed by atoms with Crippen LogP contribution in [0, 0.1) is 0 Å². The van der Waals surface area contributed by atoms with E-state index in [0.29, 0.717) is 17.0 Å². The molecule has 0 amide bonds. The van der Waals surface area contributed by atoms with Gasteiger partial charge in [0.25, 0.3) is 0 Å². The Morgan fingerprint density at radius 1 is 1.53 bits per heavy atom. The van der Waals surface area contributed by atoms with Gasteiger partial charge >= 0.3 is 5.97 Å². The lowest BCUT2D eigenvalue weighted by atomic mass is 10.1. The number of methoxy groups -OCH3 is 1. The smallest absolute Gasteiger partial charge is 0.374 e. The number of carboxylic acid groups (broad SMARTS) is 1. The minimum Gasteiger partial charge on any atom is -0.496 e. The van der Waals surface area contributed by atoms with Gasteiger partial charge in [-0.2, -0.15) is 0 Å². The van der Waals surface area contributed by atoms with E-state index < -0.39 is 5.97 Å². The van der Waals surface area contributed by atoms with Crippen molar-refractivity contribution in [1.82, 2.24) is 4.98 Å². The van der Waals surface area contributed by atoms with E-state index >= 15 is 0 Å². The number of carbonyl (C=O) groups is 1. The number of carboxylic acids is 1. The monoisotopic (exact) mass is 297 g/mol. The van der Waals surface area contributed by atoms with Gasteiger partial charge in [-0.05, 0) is 34.1 Å². The van der Waals surface area contributed by atoms with Gasteiger partial charge in [-0.3, -0.25) is 0 Å². The second-order valence-electron chi connectivity index (χ2n) is 3.18. The number of aromatic carboxylic acids is 1. The standard InChI is InChI=1S/C11H8BrNO4/c1-16-8-3-2-6(4-7(8)12)9-10(11(14)15)17-5-13-9/h2-5H,1H3,(H,14,15). The van der Waals surface area contributed by atoms with Crippen LogP contribution in [0.1, 0.15) is 10.6 Å². The minimum atomic E-state index is -1.15. The van der Waals surface area contributed by atoms with Crippen molar-refractivity contribution in [3.05, 3.63) is 34.8 Å². The lowest BCUT2D eigenvalue weighted by molar-refractivity contribution is 0.0663. The highest BCUT2D eigenvalue weighted by Crippen LogP contribution is 2.31. The van der Waals surface area contributed by atoms with Gasteiger partial charge in [0.2, 0.25) is 5.76 Å². The van der Waals surface area contributed by atoms with Crippen LogP contribution >= 0.6 is 15.9 Å². The zero-order valence-corrected chi connectivity index (χ0v) is 10.4. The predicted octanol–water partition coefficient (Wildman–Crippen LogP) is 2.81. The van der Waals surface area contributed by atoms with Crippen LogP contribution in [-0.2, 0) is 0 Å². The van der Waals surface area contributed by atoms with Crippen molar-refractivity contribution in [3.63, 3.8) is 0 Å². The highest BCUT2D eigenvalue weighted by molar-refractivity contribution is 9.10. The maximum Gasteiger partial charge on any atom is 0.374 e. The summed E-state index contributed by atoms with van der Waals surface area (Å²) in [5, 5.41) is 8.92. The first-order valence-electron chi connectivity index (χ1n) is 4.64. The number of nitrogens with zero attached hydrogens (tertiary/aromatic N) is 1. The van der Waals surface area contributed by atoms with E-state index in [1.165, 1.54) is 0 Å². The summed E-state index contributed by atoms with van der Waals surface area (Å²) < 4.78 is 10.6. The molecule has 0 atom stereocenters. The van der Waals surface area contributed by atoms with Crippen molar-refractivity contribution < 1.29 is 19.1 Å².